The zero-order valence-corrected chi connectivity index (χ0v) is 13.4. The molecule has 0 aliphatic heterocycles. The van der Waals surface area contributed by atoms with E-state index < -0.39 is 0 Å². The Morgan fingerprint density at radius 2 is 2.05 bits per heavy atom. The van der Waals surface area contributed by atoms with Gasteiger partial charge in [-0.05, 0) is 18.6 Å². The normalized spacial score (nSPS) is 11.0. The van der Waals surface area contributed by atoms with Gasteiger partial charge >= 0.3 is 0 Å². The number of rotatable bonds is 5. The number of imidazole rings is 1. The highest BCUT2D eigenvalue weighted by molar-refractivity contribution is 7.15. The van der Waals surface area contributed by atoms with Crippen molar-refractivity contribution in [1.82, 2.24) is 19.7 Å². The van der Waals surface area contributed by atoms with Crippen molar-refractivity contribution in [1.29, 1.82) is 0 Å². The lowest BCUT2D eigenvalue weighted by atomic mass is 10.3. The highest BCUT2D eigenvalue weighted by Gasteiger charge is 2.13. The Kier molecular flexibility index (Phi) is 4.15. The second kappa shape index (κ2) is 6.23. The SMILES string of the molecule is CCc1nnc(NC(=O)Cn2c(CC)nc3ccccc32)s1. The van der Waals surface area contributed by atoms with Crippen LogP contribution in [0.5, 0.6) is 0 Å². The van der Waals surface area contributed by atoms with Crippen molar-refractivity contribution in [3.05, 3.63) is 35.1 Å². The van der Waals surface area contributed by atoms with Crippen LogP contribution in [-0.4, -0.2) is 25.7 Å². The number of hydrogen-bond acceptors (Lipinski definition) is 5. The van der Waals surface area contributed by atoms with Crippen LogP contribution in [0.4, 0.5) is 5.13 Å². The first-order valence-electron chi connectivity index (χ1n) is 7.27. The summed E-state index contributed by atoms with van der Waals surface area (Å²) in [6, 6.07) is 7.85. The van der Waals surface area contributed by atoms with Gasteiger partial charge in [-0.2, -0.15) is 0 Å². The minimum Gasteiger partial charge on any atom is -0.318 e. The zero-order valence-electron chi connectivity index (χ0n) is 12.5. The van der Waals surface area contributed by atoms with Gasteiger partial charge in [0.05, 0.1) is 11.0 Å². The molecule has 3 aromatic rings. The molecule has 114 valence electrons. The number of para-hydroxylation sites is 2. The number of anilines is 1. The first-order chi connectivity index (χ1) is 10.7. The lowest BCUT2D eigenvalue weighted by Crippen LogP contribution is -2.20. The van der Waals surface area contributed by atoms with Gasteiger partial charge in [-0.3, -0.25) is 10.1 Å². The van der Waals surface area contributed by atoms with E-state index in [4.69, 9.17) is 0 Å². The molecular formula is C15H17N5OS. The number of aryl methyl sites for hydroxylation is 2. The summed E-state index contributed by atoms with van der Waals surface area (Å²) in [5.41, 5.74) is 1.89. The van der Waals surface area contributed by atoms with Gasteiger partial charge < -0.3 is 4.57 Å². The number of amides is 1. The van der Waals surface area contributed by atoms with E-state index in [1.807, 2.05) is 42.7 Å². The van der Waals surface area contributed by atoms with Crippen LogP contribution < -0.4 is 5.32 Å². The minimum atomic E-state index is -0.114. The summed E-state index contributed by atoms with van der Waals surface area (Å²) >= 11 is 1.41. The molecule has 0 aliphatic carbocycles. The Hall–Kier alpha value is -2.28. The van der Waals surface area contributed by atoms with Crippen LogP contribution >= 0.6 is 11.3 Å². The molecule has 1 aromatic carbocycles. The summed E-state index contributed by atoms with van der Waals surface area (Å²) in [7, 11) is 0. The quantitative estimate of drug-likeness (QED) is 0.785. The minimum absolute atomic E-state index is 0.114. The van der Waals surface area contributed by atoms with Crippen molar-refractivity contribution >= 4 is 33.4 Å². The fourth-order valence-corrected chi connectivity index (χ4v) is 3.02. The maximum Gasteiger partial charge on any atom is 0.246 e. The van der Waals surface area contributed by atoms with Crippen molar-refractivity contribution in [3.8, 4) is 0 Å². The number of nitrogens with zero attached hydrogens (tertiary/aromatic N) is 4. The number of nitrogens with one attached hydrogen (secondary N) is 1. The molecule has 0 unspecified atom stereocenters. The smallest absolute Gasteiger partial charge is 0.246 e. The van der Waals surface area contributed by atoms with E-state index in [1.54, 1.807) is 0 Å². The Morgan fingerprint density at radius 1 is 1.23 bits per heavy atom. The van der Waals surface area contributed by atoms with Crippen molar-refractivity contribution in [2.45, 2.75) is 33.2 Å². The lowest BCUT2D eigenvalue weighted by Gasteiger charge is -2.07. The maximum absolute atomic E-state index is 12.3. The van der Waals surface area contributed by atoms with Crippen molar-refractivity contribution in [2.75, 3.05) is 5.32 Å². The highest BCUT2D eigenvalue weighted by atomic mass is 32.1. The molecule has 0 saturated heterocycles. The Morgan fingerprint density at radius 3 is 2.77 bits per heavy atom. The molecule has 0 atom stereocenters. The number of aromatic nitrogens is 4. The third-order valence-electron chi connectivity index (χ3n) is 3.37. The third-order valence-corrected chi connectivity index (χ3v) is 4.35. The molecule has 1 N–H and O–H groups in total. The Labute approximate surface area is 132 Å². The van der Waals surface area contributed by atoms with Gasteiger partial charge in [0, 0.05) is 6.42 Å². The molecule has 0 aliphatic rings. The third kappa shape index (κ3) is 2.85. The van der Waals surface area contributed by atoms with E-state index in [9.17, 15) is 4.79 Å². The fourth-order valence-electron chi connectivity index (χ4n) is 2.32. The molecule has 7 heteroatoms. The van der Waals surface area contributed by atoms with E-state index in [0.29, 0.717) is 5.13 Å². The molecule has 1 amide bonds. The van der Waals surface area contributed by atoms with Crippen molar-refractivity contribution < 1.29 is 4.79 Å². The van der Waals surface area contributed by atoms with Gasteiger partial charge in [0.25, 0.3) is 0 Å². The van der Waals surface area contributed by atoms with E-state index >= 15 is 0 Å². The average Bonchev–Trinajstić information content (AvgIpc) is 3.12. The van der Waals surface area contributed by atoms with E-state index in [1.165, 1.54) is 11.3 Å². The number of hydrogen-bond donors (Lipinski definition) is 1. The summed E-state index contributed by atoms with van der Waals surface area (Å²) in [4.78, 5) is 16.8. The van der Waals surface area contributed by atoms with Crippen LogP contribution in [0.2, 0.25) is 0 Å². The van der Waals surface area contributed by atoms with E-state index in [0.717, 1.165) is 34.7 Å². The van der Waals surface area contributed by atoms with Crippen molar-refractivity contribution in [3.63, 3.8) is 0 Å². The molecule has 0 radical (unpaired) electrons. The van der Waals surface area contributed by atoms with Gasteiger partial charge in [-0.1, -0.05) is 37.3 Å². The van der Waals surface area contributed by atoms with Gasteiger partial charge in [0.15, 0.2) is 0 Å². The highest BCUT2D eigenvalue weighted by Crippen LogP contribution is 2.18. The topological polar surface area (TPSA) is 72.7 Å². The molecular weight excluding hydrogens is 298 g/mol. The largest absolute Gasteiger partial charge is 0.318 e. The summed E-state index contributed by atoms with van der Waals surface area (Å²) < 4.78 is 1.95. The van der Waals surface area contributed by atoms with E-state index in [2.05, 4.69) is 20.5 Å². The Bertz CT molecular complexity index is 807. The molecule has 0 spiro atoms. The van der Waals surface area contributed by atoms with Crippen LogP contribution in [0.3, 0.4) is 0 Å². The summed E-state index contributed by atoms with van der Waals surface area (Å²) in [5.74, 6) is 0.791. The fraction of sp³-hybridized carbons (Fsp3) is 0.333. The molecule has 22 heavy (non-hydrogen) atoms. The molecule has 6 nitrogen and oxygen atoms in total. The van der Waals surface area contributed by atoms with Gasteiger partial charge in [0.2, 0.25) is 11.0 Å². The van der Waals surface area contributed by atoms with Crippen molar-refractivity contribution in [2.24, 2.45) is 0 Å². The predicted octanol–water partition coefficient (Wildman–Crippen LogP) is 2.65. The lowest BCUT2D eigenvalue weighted by molar-refractivity contribution is -0.116. The summed E-state index contributed by atoms with van der Waals surface area (Å²) in [6.07, 6.45) is 1.60. The van der Waals surface area contributed by atoms with Crippen LogP contribution in [0.15, 0.2) is 24.3 Å². The monoisotopic (exact) mass is 315 g/mol. The first-order valence-corrected chi connectivity index (χ1v) is 8.09. The zero-order chi connectivity index (χ0) is 15.5. The van der Waals surface area contributed by atoms with Gasteiger partial charge in [-0.15, -0.1) is 10.2 Å². The molecule has 0 bridgehead atoms. The summed E-state index contributed by atoms with van der Waals surface area (Å²) in [5, 5.41) is 12.2. The van der Waals surface area contributed by atoms with E-state index in [-0.39, 0.29) is 12.5 Å². The standard InChI is InChI=1S/C15H17N5OS/c1-3-12-16-10-7-5-6-8-11(10)20(12)9-13(21)17-15-19-18-14(4-2)22-15/h5-8H,3-4,9H2,1-2H3,(H,17,19,21). The van der Waals surface area contributed by atoms with Crippen LogP contribution in [-0.2, 0) is 24.2 Å². The number of fused-ring (bicyclic) bond motifs is 1. The number of benzene rings is 1. The number of carbonyl (C=O) groups is 1. The molecule has 2 heterocycles. The second-order valence-corrected chi connectivity index (χ2v) is 5.92. The number of carbonyl (C=O) groups excluding carboxylic acids is 1. The molecule has 2 aromatic heterocycles. The maximum atomic E-state index is 12.3. The second-order valence-electron chi connectivity index (χ2n) is 4.86. The van der Waals surface area contributed by atoms with Gasteiger partial charge in [0.1, 0.15) is 17.4 Å². The summed E-state index contributed by atoms with van der Waals surface area (Å²) in [6.45, 7) is 4.27. The molecule has 0 fully saturated rings. The van der Waals surface area contributed by atoms with Crippen LogP contribution in [0.25, 0.3) is 11.0 Å². The van der Waals surface area contributed by atoms with Crippen LogP contribution in [0, 0.1) is 0 Å². The molecule has 3 rings (SSSR count). The Balaban J connectivity index is 1.81. The van der Waals surface area contributed by atoms with Gasteiger partial charge in [-0.25, -0.2) is 4.98 Å². The average molecular weight is 315 g/mol. The first kappa shape index (κ1) is 14.6. The predicted molar refractivity (Wildman–Crippen MR) is 87.0 cm³/mol. The molecule has 0 saturated carbocycles. The van der Waals surface area contributed by atoms with Crippen LogP contribution in [0.1, 0.15) is 24.7 Å².